The standard InChI is InChI=1S/C7H16F2N2OS/c1-11(3-4-13(2)12)6-7(8,9)5-10/h3-6,10H2,1-2H3. The van der Waals surface area contributed by atoms with Crippen molar-refractivity contribution in [1.29, 1.82) is 0 Å². The molecule has 80 valence electrons. The lowest BCUT2D eigenvalue weighted by Crippen LogP contribution is -2.41. The molecule has 0 aromatic carbocycles. The molecule has 0 heterocycles. The minimum Gasteiger partial charge on any atom is -0.325 e. The second-order valence-corrected chi connectivity index (χ2v) is 4.63. The first-order valence-electron chi connectivity index (χ1n) is 3.94. The summed E-state index contributed by atoms with van der Waals surface area (Å²) in [6.07, 6.45) is 1.55. The van der Waals surface area contributed by atoms with Crippen molar-refractivity contribution >= 4 is 10.8 Å². The molecule has 0 saturated carbocycles. The lowest BCUT2D eigenvalue weighted by molar-refractivity contribution is -0.0161. The number of nitrogens with zero attached hydrogens (tertiary/aromatic N) is 1. The number of hydrogen-bond donors (Lipinski definition) is 1. The van der Waals surface area contributed by atoms with Crippen molar-refractivity contribution in [3.8, 4) is 0 Å². The van der Waals surface area contributed by atoms with E-state index in [4.69, 9.17) is 5.73 Å². The monoisotopic (exact) mass is 214 g/mol. The molecule has 3 nitrogen and oxygen atoms in total. The van der Waals surface area contributed by atoms with Crippen LogP contribution in [0.5, 0.6) is 0 Å². The summed E-state index contributed by atoms with van der Waals surface area (Å²) in [7, 11) is 0.632. The van der Waals surface area contributed by atoms with E-state index in [1.165, 1.54) is 4.90 Å². The number of halogens is 2. The van der Waals surface area contributed by atoms with Crippen molar-refractivity contribution in [2.24, 2.45) is 5.73 Å². The van der Waals surface area contributed by atoms with Gasteiger partial charge in [0.1, 0.15) is 0 Å². The summed E-state index contributed by atoms with van der Waals surface area (Å²) in [5, 5.41) is 0. The minimum atomic E-state index is -2.84. The lowest BCUT2D eigenvalue weighted by Gasteiger charge is -2.21. The Morgan fingerprint density at radius 3 is 2.46 bits per heavy atom. The molecule has 1 unspecified atom stereocenters. The van der Waals surface area contributed by atoms with Crippen LogP contribution >= 0.6 is 0 Å². The van der Waals surface area contributed by atoms with E-state index in [2.05, 4.69) is 0 Å². The topological polar surface area (TPSA) is 46.3 Å². The Bertz CT molecular complexity index is 178. The molecule has 0 aliphatic heterocycles. The van der Waals surface area contributed by atoms with E-state index in [-0.39, 0.29) is 6.54 Å². The van der Waals surface area contributed by atoms with Crippen LogP contribution in [-0.2, 0) is 10.8 Å². The zero-order valence-corrected chi connectivity index (χ0v) is 8.74. The zero-order chi connectivity index (χ0) is 10.5. The van der Waals surface area contributed by atoms with Gasteiger partial charge in [0.25, 0.3) is 5.92 Å². The normalized spacial score (nSPS) is 14.9. The fraction of sp³-hybridized carbons (Fsp3) is 1.00. The van der Waals surface area contributed by atoms with Crippen LogP contribution in [0.25, 0.3) is 0 Å². The van der Waals surface area contributed by atoms with Gasteiger partial charge in [0.2, 0.25) is 0 Å². The van der Waals surface area contributed by atoms with Crippen molar-refractivity contribution < 1.29 is 13.0 Å². The summed E-state index contributed by atoms with van der Waals surface area (Å²) < 4.78 is 36.0. The van der Waals surface area contributed by atoms with Gasteiger partial charge in [-0.25, -0.2) is 8.78 Å². The maximum Gasteiger partial charge on any atom is 0.272 e. The van der Waals surface area contributed by atoms with Crippen molar-refractivity contribution in [2.45, 2.75) is 5.92 Å². The van der Waals surface area contributed by atoms with Crippen LogP contribution in [0.1, 0.15) is 0 Å². The number of nitrogens with two attached hydrogens (primary N) is 1. The van der Waals surface area contributed by atoms with Crippen molar-refractivity contribution in [1.82, 2.24) is 4.90 Å². The van der Waals surface area contributed by atoms with E-state index < -0.39 is 23.3 Å². The van der Waals surface area contributed by atoms with Crippen LogP contribution in [0, 0.1) is 0 Å². The van der Waals surface area contributed by atoms with Gasteiger partial charge in [-0.1, -0.05) is 0 Å². The molecular formula is C7H16F2N2OS. The third-order valence-electron chi connectivity index (χ3n) is 1.56. The third kappa shape index (κ3) is 7.04. The van der Waals surface area contributed by atoms with Crippen LogP contribution in [0.4, 0.5) is 8.78 Å². The molecule has 0 rings (SSSR count). The molecule has 0 amide bonds. The minimum absolute atomic E-state index is 0.374. The average molecular weight is 214 g/mol. The highest BCUT2D eigenvalue weighted by Gasteiger charge is 2.28. The Kier molecular flexibility index (Phi) is 5.59. The number of rotatable bonds is 6. The van der Waals surface area contributed by atoms with Gasteiger partial charge in [-0.2, -0.15) is 0 Å². The molecule has 0 aliphatic carbocycles. The summed E-state index contributed by atoms with van der Waals surface area (Å²) in [6.45, 7) is -0.619. The van der Waals surface area contributed by atoms with Gasteiger partial charge >= 0.3 is 0 Å². The van der Waals surface area contributed by atoms with Crippen molar-refractivity contribution in [3.63, 3.8) is 0 Å². The second kappa shape index (κ2) is 5.62. The third-order valence-corrected chi connectivity index (χ3v) is 2.32. The lowest BCUT2D eigenvalue weighted by atomic mass is 10.3. The van der Waals surface area contributed by atoms with E-state index in [9.17, 15) is 13.0 Å². The summed E-state index contributed by atoms with van der Waals surface area (Å²) >= 11 is 0. The summed E-state index contributed by atoms with van der Waals surface area (Å²) in [5.74, 6) is -2.43. The fourth-order valence-electron chi connectivity index (χ4n) is 0.823. The maximum atomic E-state index is 12.7. The van der Waals surface area contributed by atoms with Gasteiger partial charge < -0.3 is 5.73 Å². The molecule has 1 atom stereocenters. The fourth-order valence-corrected chi connectivity index (χ4v) is 1.39. The molecule has 0 spiro atoms. The first kappa shape index (κ1) is 12.9. The largest absolute Gasteiger partial charge is 0.325 e. The van der Waals surface area contributed by atoms with Crippen LogP contribution < -0.4 is 5.73 Å². The van der Waals surface area contributed by atoms with E-state index in [0.29, 0.717) is 12.3 Å². The van der Waals surface area contributed by atoms with Crippen LogP contribution in [0.2, 0.25) is 0 Å². The Hall–Kier alpha value is -0.0700. The molecule has 0 bridgehead atoms. The molecular weight excluding hydrogens is 198 g/mol. The van der Waals surface area contributed by atoms with Gasteiger partial charge in [-0.05, 0) is 7.05 Å². The van der Waals surface area contributed by atoms with Gasteiger partial charge in [0.15, 0.2) is 0 Å². The van der Waals surface area contributed by atoms with Crippen LogP contribution in [0.3, 0.4) is 0 Å². The molecule has 0 aliphatic rings. The number of alkyl halides is 2. The summed E-state index contributed by atoms with van der Waals surface area (Å²) in [5.41, 5.74) is 4.87. The molecule has 13 heavy (non-hydrogen) atoms. The van der Waals surface area contributed by atoms with E-state index >= 15 is 0 Å². The Morgan fingerprint density at radius 1 is 1.54 bits per heavy atom. The summed E-state index contributed by atoms with van der Waals surface area (Å²) in [6, 6.07) is 0. The van der Waals surface area contributed by atoms with E-state index in [1.54, 1.807) is 13.3 Å². The van der Waals surface area contributed by atoms with Crippen molar-refractivity contribution in [2.75, 3.05) is 38.7 Å². The Balaban J connectivity index is 3.73. The van der Waals surface area contributed by atoms with Gasteiger partial charge in [0, 0.05) is 29.4 Å². The maximum absolute atomic E-state index is 12.7. The molecule has 0 aromatic rings. The Morgan fingerprint density at radius 2 is 2.08 bits per heavy atom. The van der Waals surface area contributed by atoms with E-state index in [1.807, 2.05) is 0 Å². The molecule has 0 radical (unpaired) electrons. The highest BCUT2D eigenvalue weighted by molar-refractivity contribution is 7.84. The Labute approximate surface area is 79.7 Å². The molecule has 0 aromatic heterocycles. The predicted molar refractivity (Wildman–Crippen MR) is 50.4 cm³/mol. The second-order valence-electron chi connectivity index (χ2n) is 3.08. The van der Waals surface area contributed by atoms with Crippen LogP contribution in [-0.4, -0.2) is 53.7 Å². The van der Waals surface area contributed by atoms with Crippen molar-refractivity contribution in [3.05, 3.63) is 0 Å². The SMILES string of the molecule is CN(CCS(C)=O)CC(F)(F)CN. The number of hydrogen-bond acceptors (Lipinski definition) is 3. The molecule has 6 heteroatoms. The quantitative estimate of drug-likeness (QED) is 0.671. The van der Waals surface area contributed by atoms with Gasteiger partial charge in [0.05, 0.1) is 13.1 Å². The molecule has 0 fully saturated rings. The highest BCUT2D eigenvalue weighted by Crippen LogP contribution is 2.11. The molecule has 0 saturated heterocycles. The predicted octanol–water partition coefficient (Wildman–Crippen LogP) is -0.109. The van der Waals surface area contributed by atoms with Gasteiger partial charge in [-0.15, -0.1) is 0 Å². The average Bonchev–Trinajstić information content (AvgIpc) is 2.00. The zero-order valence-electron chi connectivity index (χ0n) is 7.93. The summed E-state index contributed by atoms with van der Waals surface area (Å²) in [4.78, 5) is 1.44. The van der Waals surface area contributed by atoms with Gasteiger partial charge in [-0.3, -0.25) is 9.11 Å². The van der Waals surface area contributed by atoms with E-state index in [0.717, 1.165) is 0 Å². The highest BCUT2D eigenvalue weighted by atomic mass is 32.2. The smallest absolute Gasteiger partial charge is 0.272 e. The molecule has 2 N–H and O–H groups in total. The first-order chi connectivity index (χ1) is 5.87. The van der Waals surface area contributed by atoms with Crippen LogP contribution in [0.15, 0.2) is 0 Å². The first-order valence-corrected chi connectivity index (χ1v) is 5.66.